The molecule has 262 valence electrons. The molecule has 2 N–H and O–H groups in total. The van der Waals surface area contributed by atoms with Crippen molar-refractivity contribution in [1.82, 2.24) is 9.88 Å². The Hall–Kier alpha value is -4.49. The lowest BCUT2D eigenvalue weighted by atomic mass is 10.0. The normalized spacial score (nSPS) is 10.6. The second-order valence-electron chi connectivity index (χ2n) is 9.11. The fraction of sp³-hybridized carbons (Fsp3) is 0.303. The second kappa shape index (κ2) is 22.1. The van der Waals surface area contributed by atoms with Crippen LogP contribution in [0.2, 0.25) is 5.02 Å². The summed E-state index contributed by atoms with van der Waals surface area (Å²) >= 11 is 11.4. The van der Waals surface area contributed by atoms with E-state index in [0.717, 1.165) is 36.2 Å². The van der Waals surface area contributed by atoms with E-state index in [-0.39, 0.29) is 24.0 Å². The number of pyridine rings is 1. The van der Waals surface area contributed by atoms with Crippen molar-refractivity contribution in [3.63, 3.8) is 0 Å². The van der Waals surface area contributed by atoms with Crippen LogP contribution in [0.1, 0.15) is 55.6 Å². The number of amides is 2. The van der Waals surface area contributed by atoms with Gasteiger partial charge in [-0.3, -0.25) is 14.4 Å². The number of carboxylic acids is 1. The number of aliphatic carboxylic acids is 1. The molecular weight excluding hydrogens is 681 g/mol. The molecule has 0 aliphatic heterocycles. The summed E-state index contributed by atoms with van der Waals surface area (Å²) in [5, 5.41) is 9.74. The Kier molecular flexibility index (Phi) is 20.1. The highest BCUT2D eigenvalue weighted by molar-refractivity contribution is 6.30. The number of nitrogens with zero attached hydrogens (tertiary/aromatic N) is 2. The van der Waals surface area contributed by atoms with Gasteiger partial charge in [-0.05, 0) is 47.9 Å². The van der Waals surface area contributed by atoms with E-state index in [1.165, 1.54) is 19.2 Å². The first-order valence-electron chi connectivity index (χ1n) is 14.2. The zero-order valence-electron chi connectivity index (χ0n) is 26.9. The van der Waals surface area contributed by atoms with E-state index < -0.39 is 53.1 Å². The van der Waals surface area contributed by atoms with Gasteiger partial charge in [-0.1, -0.05) is 69.3 Å². The standard InChI is InChI=1S/C21H19Cl2F4N3O2.C8H8O2.C2H4O2.C2H6/c1-3-12(2)18(20(32)29-19-16(24)8-15(23)10-28-19)30(17(31)9-22)11-13-4-6-14(7-5-13)21(25,26)27;1-10-8(9)7-5-3-2-4-6-7;1-2(3)4;1-2/h4-8,10,18H,2-3,9,11H2,1H3,(H,28,29,32);2-6H,1H3;1H3,(H,3,4);1-2H3. The number of rotatable bonds is 9. The molecule has 1 unspecified atom stereocenters. The Morgan fingerprint density at radius 1 is 1.06 bits per heavy atom. The number of hydrogen-bond acceptors (Lipinski definition) is 6. The van der Waals surface area contributed by atoms with E-state index in [0.29, 0.717) is 16.7 Å². The summed E-state index contributed by atoms with van der Waals surface area (Å²) in [4.78, 5) is 50.1. The van der Waals surface area contributed by atoms with Crippen molar-refractivity contribution >= 4 is 52.8 Å². The van der Waals surface area contributed by atoms with Gasteiger partial charge in [0.05, 0.1) is 23.3 Å². The molecule has 3 aromatic rings. The molecule has 2 aromatic carbocycles. The molecule has 9 nitrogen and oxygen atoms in total. The molecule has 1 heterocycles. The molecule has 0 aliphatic rings. The number of benzene rings is 2. The molecule has 1 atom stereocenters. The molecule has 0 radical (unpaired) electrons. The zero-order valence-corrected chi connectivity index (χ0v) is 28.4. The SMILES string of the molecule is C=C(CC)C(C(=O)Nc1ncc(Cl)cc1F)N(Cc1ccc(C(F)(F)F)cc1)C(=O)CCl.CC.CC(=O)O.COC(=O)c1ccccc1. The van der Waals surface area contributed by atoms with Gasteiger partial charge in [-0.25, -0.2) is 14.2 Å². The number of nitrogens with one attached hydrogen (secondary N) is 1. The van der Waals surface area contributed by atoms with Gasteiger partial charge in [0.15, 0.2) is 11.6 Å². The summed E-state index contributed by atoms with van der Waals surface area (Å²) in [5.74, 6) is -4.37. The van der Waals surface area contributed by atoms with Crippen LogP contribution in [-0.4, -0.2) is 57.8 Å². The molecule has 3 rings (SSSR count). The Morgan fingerprint density at radius 2 is 1.60 bits per heavy atom. The lowest BCUT2D eigenvalue weighted by molar-refractivity contribution is -0.138. The van der Waals surface area contributed by atoms with Crippen LogP contribution >= 0.6 is 23.2 Å². The summed E-state index contributed by atoms with van der Waals surface area (Å²) in [6.07, 6.45) is -3.10. The molecule has 15 heteroatoms. The minimum absolute atomic E-state index is 0.0243. The molecule has 0 bridgehead atoms. The number of carbonyl (C=O) groups excluding carboxylic acids is 3. The van der Waals surface area contributed by atoms with Gasteiger partial charge in [-0.15, -0.1) is 11.6 Å². The third-order valence-corrected chi connectivity index (χ3v) is 6.15. The summed E-state index contributed by atoms with van der Waals surface area (Å²) < 4.78 is 57.1. The van der Waals surface area contributed by atoms with Crippen molar-refractivity contribution in [2.75, 3.05) is 18.3 Å². The van der Waals surface area contributed by atoms with Crippen molar-refractivity contribution in [2.24, 2.45) is 0 Å². The third kappa shape index (κ3) is 15.4. The van der Waals surface area contributed by atoms with Crippen LogP contribution in [0.25, 0.3) is 0 Å². The molecule has 0 fully saturated rings. The van der Waals surface area contributed by atoms with E-state index in [1.54, 1.807) is 31.2 Å². The van der Waals surface area contributed by atoms with Crippen LogP contribution in [0, 0.1) is 5.82 Å². The Morgan fingerprint density at radius 3 is 2.04 bits per heavy atom. The van der Waals surface area contributed by atoms with Crippen LogP contribution in [0.5, 0.6) is 0 Å². The highest BCUT2D eigenvalue weighted by Crippen LogP contribution is 2.29. The monoisotopic (exact) mass is 717 g/mol. The number of esters is 1. The van der Waals surface area contributed by atoms with E-state index in [9.17, 15) is 31.9 Å². The van der Waals surface area contributed by atoms with Crippen molar-refractivity contribution < 1.29 is 46.6 Å². The lowest BCUT2D eigenvalue weighted by Crippen LogP contribution is -2.48. The van der Waals surface area contributed by atoms with E-state index in [1.807, 2.05) is 19.9 Å². The molecule has 1 aromatic heterocycles. The number of alkyl halides is 4. The highest BCUT2D eigenvalue weighted by Gasteiger charge is 2.33. The minimum atomic E-state index is -4.52. The fourth-order valence-electron chi connectivity index (χ4n) is 3.52. The Bertz CT molecular complexity index is 1490. The molecule has 0 spiro atoms. The van der Waals surface area contributed by atoms with Crippen molar-refractivity contribution in [3.8, 4) is 0 Å². The molecule has 0 saturated carbocycles. The first-order chi connectivity index (χ1) is 22.5. The van der Waals surface area contributed by atoms with E-state index in [2.05, 4.69) is 21.6 Å². The number of ether oxygens (including phenoxy) is 1. The first-order valence-corrected chi connectivity index (χ1v) is 15.1. The predicted molar refractivity (Wildman–Crippen MR) is 176 cm³/mol. The summed E-state index contributed by atoms with van der Waals surface area (Å²) in [5.41, 5.74) is 0.370. The maximum atomic E-state index is 14.1. The van der Waals surface area contributed by atoms with Crippen LogP contribution in [0.3, 0.4) is 0 Å². The number of carbonyl (C=O) groups is 4. The largest absolute Gasteiger partial charge is 0.481 e. The summed E-state index contributed by atoms with van der Waals surface area (Å²) in [6, 6.07) is 12.7. The number of halogens is 6. The van der Waals surface area contributed by atoms with Crippen LogP contribution in [0.15, 0.2) is 79.0 Å². The lowest BCUT2D eigenvalue weighted by Gasteiger charge is -2.32. The van der Waals surface area contributed by atoms with Crippen LogP contribution < -0.4 is 5.32 Å². The molecule has 2 amide bonds. The maximum Gasteiger partial charge on any atom is 0.416 e. The van der Waals surface area contributed by atoms with Gasteiger partial charge in [-0.2, -0.15) is 13.2 Å². The Labute approximate surface area is 286 Å². The molecule has 0 aliphatic carbocycles. The molecular formula is C33H37Cl2F4N3O6. The number of carboxylic acid groups (broad SMARTS) is 1. The van der Waals surface area contributed by atoms with Crippen LogP contribution in [0.4, 0.5) is 23.4 Å². The molecule has 48 heavy (non-hydrogen) atoms. The zero-order chi connectivity index (χ0) is 37.0. The second-order valence-corrected chi connectivity index (χ2v) is 9.82. The van der Waals surface area contributed by atoms with Crippen molar-refractivity contribution in [1.29, 1.82) is 0 Å². The van der Waals surface area contributed by atoms with E-state index in [4.69, 9.17) is 33.1 Å². The topological polar surface area (TPSA) is 126 Å². The maximum absolute atomic E-state index is 14.1. The average molecular weight is 719 g/mol. The highest BCUT2D eigenvalue weighted by atomic mass is 35.5. The summed E-state index contributed by atoms with van der Waals surface area (Å²) in [7, 11) is 1.37. The first kappa shape index (κ1) is 43.5. The number of aromatic nitrogens is 1. The molecule has 0 saturated heterocycles. The van der Waals surface area contributed by atoms with E-state index >= 15 is 0 Å². The average Bonchev–Trinajstić information content (AvgIpc) is 3.06. The number of anilines is 1. The van der Waals surface area contributed by atoms with Gasteiger partial charge < -0.3 is 20.1 Å². The minimum Gasteiger partial charge on any atom is -0.481 e. The predicted octanol–water partition coefficient (Wildman–Crippen LogP) is 8.02. The quantitative estimate of drug-likeness (QED) is 0.0994. The number of methoxy groups -OCH3 is 1. The Balaban J connectivity index is 0.00000114. The number of hydrogen-bond donors (Lipinski definition) is 2. The van der Waals surface area contributed by atoms with Gasteiger partial charge in [0, 0.05) is 19.7 Å². The van der Waals surface area contributed by atoms with Crippen molar-refractivity contribution in [3.05, 3.63) is 107 Å². The van der Waals surface area contributed by atoms with Gasteiger partial charge >= 0.3 is 12.1 Å². The van der Waals surface area contributed by atoms with Gasteiger partial charge in [0.25, 0.3) is 11.9 Å². The third-order valence-electron chi connectivity index (χ3n) is 5.71. The van der Waals surface area contributed by atoms with Gasteiger partial charge in [0.2, 0.25) is 5.91 Å². The smallest absolute Gasteiger partial charge is 0.416 e. The summed E-state index contributed by atoms with van der Waals surface area (Å²) in [6.45, 7) is 10.4. The van der Waals surface area contributed by atoms with Crippen molar-refractivity contribution in [2.45, 2.75) is 52.9 Å². The fourth-order valence-corrected chi connectivity index (χ4v) is 3.82. The van der Waals surface area contributed by atoms with Gasteiger partial charge in [0.1, 0.15) is 11.9 Å². The van der Waals surface area contributed by atoms with Crippen LogP contribution in [-0.2, 0) is 31.8 Å².